The van der Waals surface area contributed by atoms with Gasteiger partial charge in [0.2, 0.25) is 0 Å². The molecule has 90 valence electrons. The monoisotopic (exact) mass is 270 g/mol. The van der Waals surface area contributed by atoms with Gasteiger partial charge in [0, 0.05) is 10.4 Å². The van der Waals surface area contributed by atoms with Crippen molar-refractivity contribution in [3.8, 4) is 10.6 Å². The van der Waals surface area contributed by atoms with Gasteiger partial charge in [-0.25, -0.2) is 9.37 Å². The fourth-order valence-corrected chi connectivity index (χ4v) is 2.80. The van der Waals surface area contributed by atoms with Gasteiger partial charge in [-0.3, -0.25) is 0 Å². The Morgan fingerprint density at radius 1 is 1.47 bits per heavy atom. The summed E-state index contributed by atoms with van der Waals surface area (Å²) in [4.78, 5) is 5.62. The highest BCUT2D eigenvalue weighted by Crippen LogP contribution is 2.30. The molecule has 1 aromatic carbocycles. The Kier molecular flexibility index (Phi) is 3.76. The Hall–Kier alpha value is -0.970. The van der Waals surface area contributed by atoms with E-state index in [1.807, 2.05) is 6.92 Å². The molecule has 0 fully saturated rings. The van der Waals surface area contributed by atoms with Crippen molar-refractivity contribution in [1.29, 1.82) is 0 Å². The lowest BCUT2D eigenvalue weighted by Crippen LogP contribution is -2.01. The largest absolute Gasteiger partial charge is 0.330 e. The molecule has 0 saturated carbocycles. The Balaban J connectivity index is 2.39. The molecule has 0 aliphatic carbocycles. The van der Waals surface area contributed by atoms with Crippen LogP contribution in [0.3, 0.4) is 0 Å². The highest BCUT2D eigenvalue weighted by molar-refractivity contribution is 7.15. The van der Waals surface area contributed by atoms with E-state index in [2.05, 4.69) is 4.98 Å². The van der Waals surface area contributed by atoms with Crippen molar-refractivity contribution >= 4 is 22.9 Å². The van der Waals surface area contributed by atoms with Crippen molar-refractivity contribution < 1.29 is 4.39 Å². The Morgan fingerprint density at radius 3 is 2.88 bits per heavy atom. The number of aromatic nitrogens is 1. The van der Waals surface area contributed by atoms with Crippen LogP contribution in [0.4, 0.5) is 4.39 Å². The molecule has 0 bridgehead atoms. The molecule has 0 saturated heterocycles. The van der Waals surface area contributed by atoms with E-state index in [0.29, 0.717) is 6.54 Å². The third kappa shape index (κ3) is 2.65. The summed E-state index contributed by atoms with van der Waals surface area (Å²) in [5.41, 5.74) is 7.35. The van der Waals surface area contributed by atoms with Crippen LogP contribution in [0.15, 0.2) is 18.2 Å². The molecule has 2 nitrogen and oxygen atoms in total. The standard InChI is InChI=1S/C12H12ClFN2S/c1-7-11(4-5-15)17-12(16-7)8-2-3-10(14)9(13)6-8/h2-3,6H,4-5,15H2,1H3. The highest BCUT2D eigenvalue weighted by Gasteiger charge is 2.10. The van der Waals surface area contributed by atoms with E-state index >= 15 is 0 Å². The van der Waals surface area contributed by atoms with Crippen molar-refractivity contribution in [1.82, 2.24) is 4.98 Å². The Bertz CT molecular complexity index is 539. The van der Waals surface area contributed by atoms with Gasteiger partial charge >= 0.3 is 0 Å². The fraction of sp³-hybridized carbons (Fsp3) is 0.250. The smallest absolute Gasteiger partial charge is 0.141 e. The highest BCUT2D eigenvalue weighted by atomic mass is 35.5. The first-order valence-electron chi connectivity index (χ1n) is 5.23. The average molecular weight is 271 g/mol. The predicted molar refractivity (Wildman–Crippen MR) is 70.0 cm³/mol. The second kappa shape index (κ2) is 5.12. The number of nitrogens with zero attached hydrogens (tertiary/aromatic N) is 1. The van der Waals surface area contributed by atoms with Gasteiger partial charge in [0.05, 0.1) is 10.7 Å². The van der Waals surface area contributed by atoms with E-state index in [0.717, 1.165) is 22.7 Å². The summed E-state index contributed by atoms with van der Waals surface area (Å²) in [6.45, 7) is 2.56. The maximum atomic E-state index is 13.1. The average Bonchev–Trinajstić information content (AvgIpc) is 2.65. The van der Waals surface area contributed by atoms with Crippen LogP contribution in [-0.2, 0) is 6.42 Å². The van der Waals surface area contributed by atoms with Gasteiger partial charge in [-0.2, -0.15) is 0 Å². The zero-order chi connectivity index (χ0) is 12.4. The lowest BCUT2D eigenvalue weighted by atomic mass is 10.2. The number of halogens is 2. The molecule has 5 heteroatoms. The van der Waals surface area contributed by atoms with Crippen LogP contribution in [0.1, 0.15) is 10.6 Å². The van der Waals surface area contributed by atoms with Gasteiger partial charge in [0.1, 0.15) is 10.8 Å². The van der Waals surface area contributed by atoms with E-state index in [4.69, 9.17) is 17.3 Å². The molecule has 0 atom stereocenters. The van der Waals surface area contributed by atoms with Gasteiger partial charge in [0.25, 0.3) is 0 Å². The topological polar surface area (TPSA) is 38.9 Å². The predicted octanol–water partition coefficient (Wildman–Crippen LogP) is 3.41. The van der Waals surface area contributed by atoms with Crippen molar-refractivity contribution in [3.63, 3.8) is 0 Å². The molecule has 0 radical (unpaired) electrons. The number of nitrogens with two attached hydrogens (primary N) is 1. The van der Waals surface area contributed by atoms with Gasteiger partial charge in [0.15, 0.2) is 0 Å². The second-order valence-corrected chi connectivity index (χ2v) is 5.19. The lowest BCUT2D eigenvalue weighted by Gasteiger charge is -1.98. The summed E-state index contributed by atoms with van der Waals surface area (Å²) in [5, 5.41) is 0.976. The molecular weight excluding hydrogens is 259 g/mol. The van der Waals surface area contributed by atoms with Crippen molar-refractivity contribution in [2.45, 2.75) is 13.3 Å². The van der Waals surface area contributed by atoms with Crippen LogP contribution < -0.4 is 5.73 Å². The van der Waals surface area contributed by atoms with E-state index in [9.17, 15) is 4.39 Å². The zero-order valence-electron chi connectivity index (χ0n) is 9.34. The normalized spacial score (nSPS) is 10.8. The molecule has 1 aromatic heterocycles. The first kappa shape index (κ1) is 12.5. The van der Waals surface area contributed by atoms with Gasteiger partial charge in [-0.05, 0) is 38.1 Å². The quantitative estimate of drug-likeness (QED) is 0.928. The summed E-state index contributed by atoms with van der Waals surface area (Å²) in [6, 6.07) is 4.64. The Morgan fingerprint density at radius 2 is 2.24 bits per heavy atom. The van der Waals surface area contributed by atoms with Crippen molar-refractivity contribution in [2.24, 2.45) is 5.73 Å². The minimum Gasteiger partial charge on any atom is -0.330 e. The third-order valence-electron chi connectivity index (χ3n) is 2.43. The number of hydrogen-bond donors (Lipinski definition) is 1. The number of hydrogen-bond acceptors (Lipinski definition) is 3. The first-order valence-corrected chi connectivity index (χ1v) is 6.43. The fourth-order valence-electron chi connectivity index (χ4n) is 1.54. The molecule has 1 heterocycles. The summed E-state index contributed by atoms with van der Waals surface area (Å²) < 4.78 is 13.1. The van der Waals surface area contributed by atoms with E-state index in [-0.39, 0.29) is 5.02 Å². The molecule has 0 aliphatic rings. The SMILES string of the molecule is Cc1nc(-c2ccc(F)c(Cl)c2)sc1CCN. The second-order valence-electron chi connectivity index (χ2n) is 3.70. The van der Waals surface area contributed by atoms with Gasteiger partial charge in [-0.15, -0.1) is 11.3 Å². The minimum absolute atomic E-state index is 0.121. The molecular formula is C12H12ClFN2S. The molecule has 2 aromatic rings. The Labute approximate surface area is 108 Å². The number of thiazole rings is 1. The van der Waals surface area contributed by atoms with Crippen LogP contribution in [0.2, 0.25) is 5.02 Å². The zero-order valence-corrected chi connectivity index (χ0v) is 10.9. The first-order chi connectivity index (χ1) is 8.11. The van der Waals surface area contributed by atoms with Crippen LogP contribution >= 0.6 is 22.9 Å². The molecule has 2 rings (SSSR count). The van der Waals surface area contributed by atoms with E-state index in [1.54, 1.807) is 23.5 Å². The molecule has 0 unspecified atom stereocenters. The number of benzene rings is 1. The summed E-state index contributed by atoms with van der Waals surface area (Å²) >= 11 is 7.33. The third-order valence-corrected chi connectivity index (χ3v) is 3.99. The molecule has 0 spiro atoms. The van der Waals surface area contributed by atoms with Crippen LogP contribution in [0.25, 0.3) is 10.6 Å². The van der Waals surface area contributed by atoms with Crippen LogP contribution in [0, 0.1) is 12.7 Å². The number of rotatable bonds is 3. The van der Waals surface area contributed by atoms with Gasteiger partial charge in [-0.1, -0.05) is 11.6 Å². The molecule has 2 N–H and O–H groups in total. The summed E-state index contributed by atoms with van der Waals surface area (Å²) in [7, 11) is 0. The van der Waals surface area contributed by atoms with Crippen molar-refractivity contribution in [2.75, 3.05) is 6.54 Å². The molecule has 0 aliphatic heterocycles. The maximum Gasteiger partial charge on any atom is 0.141 e. The van der Waals surface area contributed by atoms with Crippen LogP contribution in [-0.4, -0.2) is 11.5 Å². The van der Waals surface area contributed by atoms with E-state index < -0.39 is 5.82 Å². The number of aryl methyl sites for hydroxylation is 1. The molecule has 0 amide bonds. The van der Waals surface area contributed by atoms with E-state index in [1.165, 1.54) is 10.9 Å². The van der Waals surface area contributed by atoms with Gasteiger partial charge < -0.3 is 5.73 Å². The van der Waals surface area contributed by atoms with Crippen LogP contribution in [0.5, 0.6) is 0 Å². The van der Waals surface area contributed by atoms with Crippen molar-refractivity contribution in [3.05, 3.63) is 39.6 Å². The lowest BCUT2D eigenvalue weighted by molar-refractivity contribution is 0.628. The minimum atomic E-state index is -0.411. The molecule has 17 heavy (non-hydrogen) atoms. The summed E-state index contributed by atoms with van der Waals surface area (Å²) in [6.07, 6.45) is 0.818. The summed E-state index contributed by atoms with van der Waals surface area (Å²) in [5.74, 6) is -0.411. The maximum absolute atomic E-state index is 13.1.